The molecule has 2 aromatic heterocycles. The van der Waals surface area contributed by atoms with E-state index in [0.29, 0.717) is 23.7 Å². The normalized spacial score (nSPS) is 20.4. The Morgan fingerprint density at radius 3 is 2.83 bits per heavy atom. The Morgan fingerprint density at radius 2 is 2.12 bits per heavy atom. The maximum Gasteiger partial charge on any atom is 0.347 e. The third kappa shape index (κ3) is 2.55. The lowest BCUT2D eigenvalue weighted by Gasteiger charge is -2.27. The Hall–Kier alpha value is -2.38. The summed E-state index contributed by atoms with van der Waals surface area (Å²) in [7, 11) is 0. The molecule has 0 saturated carbocycles. The van der Waals surface area contributed by atoms with E-state index in [1.807, 2.05) is 11.8 Å². The highest BCUT2D eigenvalue weighted by molar-refractivity contribution is 5.80. The van der Waals surface area contributed by atoms with E-state index in [2.05, 4.69) is 10.3 Å². The lowest BCUT2D eigenvalue weighted by Crippen LogP contribution is -2.41. The highest BCUT2D eigenvalue weighted by atomic mass is 16.5. The second-order valence-corrected chi connectivity index (χ2v) is 6.60. The Morgan fingerprint density at radius 1 is 1.33 bits per heavy atom. The largest absolute Gasteiger partial charge is 0.361 e. The number of rotatable bonds is 3. The standard InChI is InChI=1S/C16H21N5O3/c1-11-9-12(18-24-11)10-20-16(23)21-13(5-4-6-14(21)17-20)15(22)19-7-2-3-8-19/h9,13H,2-8,10H2,1H3. The maximum atomic E-state index is 12.8. The minimum absolute atomic E-state index is 0.0624. The van der Waals surface area contributed by atoms with E-state index in [1.54, 1.807) is 10.6 Å². The number of amides is 1. The van der Waals surface area contributed by atoms with E-state index in [1.165, 1.54) is 4.68 Å². The van der Waals surface area contributed by atoms with E-state index in [0.717, 1.165) is 38.8 Å². The number of carbonyl (C=O) groups excluding carboxylic acids is 1. The van der Waals surface area contributed by atoms with E-state index in [4.69, 9.17) is 4.52 Å². The van der Waals surface area contributed by atoms with Crippen LogP contribution in [0.25, 0.3) is 0 Å². The molecule has 2 aliphatic rings. The van der Waals surface area contributed by atoms with Crippen LogP contribution in [0.2, 0.25) is 0 Å². The van der Waals surface area contributed by atoms with Gasteiger partial charge in [-0.1, -0.05) is 5.16 Å². The van der Waals surface area contributed by atoms with Gasteiger partial charge in [0.25, 0.3) is 0 Å². The molecule has 1 fully saturated rings. The molecular weight excluding hydrogens is 310 g/mol. The Bertz CT molecular complexity index is 812. The Balaban J connectivity index is 1.64. The van der Waals surface area contributed by atoms with E-state index < -0.39 is 6.04 Å². The zero-order valence-corrected chi connectivity index (χ0v) is 13.8. The summed E-state index contributed by atoms with van der Waals surface area (Å²) in [6, 6.07) is 1.38. The fraction of sp³-hybridized carbons (Fsp3) is 0.625. The van der Waals surface area contributed by atoms with E-state index in [-0.39, 0.29) is 18.1 Å². The first-order valence-corrected chi connectivity index (χ1v) is 8.52. The molecule has 0 spiro atoms. The summed E-state index contributed by atoms with van der Waals surface area (Å²) in [5.41, 5.74) is 0.426. The summed E-state index contributed by atoms with van der Waals surface area (Å²) in [5.74, 6) is 1.46. The van der Waals surface area contributed by atoms with Crippen LogP contribution >= 0.6 is 0 Å². The summed E-state index contributed by atoms with van der Waals surface area (Å²) in [6.45, 7) is 3.67. The quantitative estimate of drug-likeness (QED) is 0.834. The summed E-state index contributed by atoms with van der Waals surface area (Å²) < 4.78 is 8.03. The molecular formula is C16H21N5O3. The fourth-order valence-corrected chi connectivity index (χ4v) is 3.66. The maximum absolute atomic E-state index is 12.8. The minimum Gasteiger partial charge on any atom is -0.361 e. The molecule has 1 atom stereocenters. The molecule has 0 N–H and O–H groups in total. The van der Waals surface area contributed by atoms with Crippen LogP contribution in [0.5, 0.6) is 0 Å². The van der Waals surface area contributed by atoms with Crippen molar-refractivity contribution in [2.24, 2.45) is 0 Å². The van der Waals surface area contributed by atoms with Gasteiger partial charge in [-0.15, -0.1) is 0 Å². The van der Waals surface area contributed by atoms with E-state index >= 15 is 0 Å². The van der Waals surface area contributed by atoms with Gasteiger partial charge in [0.1, 0.15) is 23.3 Å². The molecule has 128 valence electrons. The van der Waals surface area contributed by atoms with Crippen molar-refractivity contribution in [1.82, 2.24) is 24.4 Å². The average molecular weight is 331 g/mol. The van der Waals surface area contributed by atoms with Gasteiger partial charge in [-0.25, -0.2) is 9.48 Å². The van der Waals surface area contributed by atoms with Gasteiger partial charge in [0.2, 0.25) is 5.91 Å². The monoisotopic (exact) mass is 331 g/mol. The molecule has 24 heavy (non-hydrogen) atoms. The molecule has 2 aromatic rings. The second-order valence-electron chi connectivity index (χ2n) is 6.60. The summed E-state index contributed by atoms with van der Waals surface area (Å²) >= 11 is 0. The third-order valence-electron chi connectivity index (χ3n) is 4.82. The molecule has 1 amide bonds. The first-order valence-electron chi connectivity index (χ1n) is 8.52. The SMILES string of the molecule is Cc1cc(Cn2nc3n(c2=O)C(C(=O)N2CCCC2)CCC3)no1. The summed E-state index contributed by atoms with van der Waals surface area (Å²) in [5, 5.41) is 8.35. The number of aromatic nitrogens is 4. The van der Waals surface area contributed by atoms with Crippen LogP contribution in [0.15, 0.2) is 15.4 Å². The van der Waals surface area contributed by atoms with Crippen LogP contribution in [-0.4, -0.2) is 43.4 Å². The summed E-state index contributed by atoms with van der Waals surface area (Å²) in [4.78, 5) is 27.5. The van der Waals surface area contributed by atoms with Crippen molar-refractivity contribution in [3.05, 3.63) is 33.8 Å². The zero-order valence-electron chi connectivity index (χ0n) is 13.8. The van der Waals surface area contributed by atoms with Crippen LogP contribution in [0.4, 0.5) is 0 Å². The molecule has 4 rings (SSSR count). The predicted molar refractivity (Wildman–Crippen MR) is 84.6 cm³/mol. The molecule has 0 bridgehead atoms. The summed E-state index contributed by atoms with van der Waals surface area (Å²) in [6.07, 6.45) is 4.40. The van der Waals surface area contributed by atoms with Gasteiger partial charge in [-0.2, -0.15) is 5.10 Å². The molecule has 8 nitrogen and oxygen atoms in total. The van der Waals surface area contributed by atoms with Gasteiger partial charge in [-0.05, 0) is 32.6 Å². The van der Waals surface area contributed by atoms with Gasteiger partial charge in [0.15, 0.2) is 0 Å². The lowest BCUT2D eigenvalue weighted by molar-refractivity contribution is -0.134. The average Bonchev–Trinajstić information content (AvgIpc) is 3.29. The molecule has 0 radical (unpaired) electrons. The smallest absolute Gasteiger partial charge is 0.347 e. The number of aryl methyl sites for hydroxylation is 2. The first kappa shape index (κ1) is 15.2. The number of fused-ring (bicyclic) bond motifs is 1. The molecule has 2 aliphatic heterocycles. The number of nitrogens with zero attached hydrogens (tertiary/aromatic N) is 5. The van der Waals surface area contributed by atoms with Crippen molar-refractivity contribution in [2.45, 2.75) is 51.6 Å². The van der Waals surface area contributed by atoms with E-state index in [9.17, 15) is 9.59 Å². The van der Waals surface area contributed by atoms with Crippen molar-refractivity contribution in [3.8, 4) is 0 Å². The molecule has 0 aromatic carbocycles. The van der Waals surface area contributed by atoms with Gasteiger partial charge in [0, 0.05) is 25.6 Å². The molecule has 4 heterocycles. The highest BCUT2D eigenvalue weighted by Gasteiger charge is 2.34. The molecule has 1 saturated heterocycles. The van der Waals surface area contributed by atoms with Crippen LogP contribution in [0, 0.1) is 6.92 Å². The number of carbonyl (C=O) groups is 1. The van der Waals surface area contributed by atoms with Crippen LogP contribution in [0.1, 0.15) is 49.0 Å². The van der Waals surface area contributed by atoms with Crippen molar-refractivity contribution < 1.29 is 9.32 Å². The van der Waals surface area contributed by atoms with Crippen LogP contribution in [0.3, 0.4) is 0 Å². The highest BCUT2D eigenvalue weighted by Crippen LogP contribution is 2.25. The predicted octanol–water partition coefficient (Wildman–Crippen LogP) is 0.889. The topological polar surface area (TPSA) is 86.2 Å². The van der Waals surface area contributed by atoms with Crippen molar-refractivity contribution in [2.75, 3.05) is 13.1 Å². The third-order valence-corrected chi connectivity index (χ3v) is 4.82. The number of likely N-dealkylation sites (tertiary alicyclic amines) is 1. The Labute approximate surface area is 139 Å². The van der Waals surface area contributed by atoms with Crippen LogP contribution in [-0.2, 0) is 17.8 Å². The lowest BCUT2D eigenvalue weighted by atomic mass is 10.0. The molecule has 0 aliphatic carbocycles. The number of hydrogen-bond donors (Lipinski definition) is 0. The van der Waals surface area contributed by atoms with Crippen molar-refractivity contribution >= 4 is 5.91 Å². The van der Waals surface area contributed by atoms with Gasteiger partial charge >= 0.3 is 5.69 Å². The zero-order chi connectivity index (χ0) is 16.7. The van der Waals surface area contributed by atoms with Gasteiger partial charge in [0.05, 0.1) is 6.54 Å². The van der Waals surface area contributed by atoms with Gasteiger partial charge < -0.3 is 9.42 Å². The van der Waals surface area contributed by atoms with Crippen molar-refractivity contribution in [3.63, 3.8) is 0 Å². The first-order chi connectivity index (χ1) is 11.6. The van der Waals surface area contributed by atoms with Crippen LogP contribution < -0.4 is 5.69 Å². The number of hydrogen-bond acceptors (Lipinski definition) is 5. The van der Waals surface area contributed by atoms with Gasteiger partial charge in [-0.3, -0.25) is 9.36 Å². The molecule has 8 heteroatoms. The molecule has 1 unspecified atom stereocenters. The second kappa shape index (κ2) is 5.92. The Kier molecular flexibility index (Phi) is 3.74. The minimum atomic E-state index is -0.410. The van der Waals surface area contributed by atoms with Crippen molar-refractivity contribution in [1.29, 1.82) is 0 Å². The fourth-order valence-electron chi connectivity index (χ4n) is 3.66.